The van der Waals surface area contributed by atoms with Crippen LogP contribution in [0.3, 0.4) is 0 Å². The molecule has 0 bridgehead atoms. The SMILES string of the molecule is CC(C)c1ccc(O[C@@H](C)C(=O)Nc2ccc(Br)cc2)cc1. The molecule has 1 atom stereocenters. The van der Waals surface area contributed by atoms with Gasteiger partial charge >= 0.3 is 0 Å². The van der Waals surface area contributed by atoms with Gasteiger partial charge in [0.15, 0.2) is 6.10 Å². The molecule has 1 N–H and O–H groups in total. The standard InChI is InChI=1S/C18H20BrNO2/c1-12(2)14-4-10-17(11-5-14)22-13(3)18(21)20-16-8-6-15(19)7-9-16/h4-13H,1-3H3,(H,20,21)/t13-/m0/s1. The molecule has 0 saturated carbocycles. The molecule has 0 aromatic heterocycles. The highest BCUT2D eigenvalue weighted by molar-refractivity contribution is 9.10. The molecule has 0 radical (unpaired) electrons. The van der Waals surface area contributed by atoms with Crippen molar-refractivity contribution < 1.29 is 9.53 Å². The van der Waals surface area contributed by atoms with Crippen molar-refractivity contribution in [3.8, 4) is 5.75 Å². The largest absolute Gasteiger partial charge is 0.481 e. The Morgan fingerprint density at radius 2 is 1.59 bits per heavy atom. The molecule has 0 heterocycles. The summed E-state index contributed by atoms with van der Waals surface area (Å²) >= 11 is 3.36. The van der Waals surface area contributed by atoms with Gasteiger partial charge in [-0.2, -0.15) is 0 Å². The Hall–Kier alpha value is -1.81. The third-order valence-electron chi connectivity index (χ3n) is 3.34. The normalized spacial score (nSPS) is 12.0. The predicted octanol–water partition coefficient (Wildman–Crippen LogP) is 4.98. The van der Waals surface area contributed by atoms with Crippen molar-refractivity contribution in [2.24, 2.45) is 0 Å². The van der Waals surface area contributed by atoms with Gasteiger partial charge in [-0.1, -0.05) is 41.9 Å². The van der Waals surface area contributed by atoms with Gasteiger partial charge in [-0.05, 0) is 54.8 Å². The highest BCUT2D eigenvalue weighted by Gasteiger charge is 2.15. The van der Waals surface area contributed by atoms with Crippen LogP contribution in [-0.2, 0) is 4.79 Å². The molecule has 2 aromatic rings. The number of carbonyl (C=O) groups is 1. The first-order chi connectivity index (χ1) is 10.5. The summed E-state index contributed by atoms with van der Waals surface area (Å²) in [5.41, 5.74) is 2.00. The Morgan fingerprint density at radius 1 is 1.00 bits per heavy atom. The van der Waals surface area contributed by atoms with Gasteiger partial charge in [-0.3, -0.25) is 4.79 Å². The average Bonchev–Trinajstić information content (AvgIpc) is 2.50. The number of hydrogen-bond acceptors (Lipinski definition) is 2. The molecule has 22 heavy (non-hydrogen) atoms. The summed E-state index contributed by atoms with van der Waals surface area (Å²) in [7, 11) is 0. The van der Waals surface area contributed by atoms with E-state index in [9.17, 15) is 4.79 Å². The maximum atomic E-state index is 12.1. The molecule has 116 valence electrons. The van der Waals surface area contributed by atoms with Crippen molar-refractivity contribution in [1.29, 1.82) is 0 Å². The third kappa shape index (κ3) is 4.60. The van der Waals surface area contributed by atoms with E-state index in [1.807, 2.05) is 48.5 Å². The van der Waals surface area contributed by atoms with Crippen molar-refractivity contribution in [1.82, 2.24) is 0 Å². The quantitative estimate of drug-likeness (QED) is 0.815. The van der Waals surface area contributed by atoms with Crippen molar-refractivity contribution >= 4 is 27.5 Å². The number of rotatable bonds is 5. The molecule has 0 aliphatic carbocycles. The van der Waals surface area contributed by atoms with E-state index in [4.69, 9.17) is 4.74 Å². The van der Waals surface area contributed by atoms with E-state index >= 15 is 0 Å². The van der Waals surface area contributed by atoms with Crippen molar-refractivity contribution in [2.75, 3.05) is 5.32 Å². The number of nitrogens with one attached hydrogen (secondary N) is 1. The first-order valence-electron chi connectivity index (χ1n) is 7.29. The van der Waals surface area contributed by atoms with Crippen LogP contribution in [-0.4, -0.2) is 12.0 Å². The monoisotopic (exact) mass is 361 g/mol. The molecule has 0 unspecified atom stereocenters. The summed E-state index contributed by atoms with van der Waals surface area (Å²) in [5.74, 6) is 1.00. The summed E-state index contributed by atoms with van der Waals surface area (Å²) < 4.78 is 6.66. The van der Waals surface area contributed by atoms with E-state index in [1.165, 1.54) is 5.56 Å². The molecule has 0 spiro atoms. The zero-order chi connectivity index (χ0) is 16.1. The predicted molar refractivity (Wildman–Crippen MR) is 93.4 cm³/mol. The average molecular weight is 362 g/mol. The van der Waals surface area contributed by atoms with Crippen LogP contribution in [0, 0.1) is 0 Å². The Kier molecular flexibility index (Phi) is 5.61. The van der Waals surface area contributed by atoms with Crippen molar-refractivity contribution in [2.45, 2.75) is 32.8 Å². The second-order valence-electron chi connectivity index (χ2n) is 5.48. The molecule has 2 rings (SSSR count). The van der Waals surface area contributed by atoms with Gasteiger partial charge < -0.3 is 10.1 Å². The van der Waals surface area contributed by atoms with Gasteiger partial charge in [-0.15, -0.1) is 0 Å². The number of anilines is 1. The van der Waals surface area contributed by atoms with Crippen LogP contribution in [0.2, 0.25) is 0 Å². The van der Waals surface area contributed by atoms with Gasteiger partial charge in [0.1, 0.15) is 5.75 Å². The Balaban J connectivity index is 1.94. The lowest BCUT2D eigenvalue weighted by Crippen LogP contribution is -2.30. The third-order valence-corrected chi connectivity index (χ3v) is 3.87. The van der Waals surface area contributed by atoms with Crippen LogP contribution in [0.15, 0.2) is 53.0 Å². The molecule has 3 nitrogen and oxygen atoms in total. The minimum absolute atomic E-state index is 0.171. The number of halogens is 1. The topological polar surface area (TPSA) is 38.3 Å². The fourth-order valence-electron chi connectivity index (χ4n) is 1.97. The van der Waals surface area contributed by atoms with E-state index in [-0.39, 0.29) is 5.91 Å². The minimum Gasteiger partial charge on any atom is -0.481 e. The van der Waals surface area contributed by atoms with Gasteiger partial charge in [0.05, 0.1) is 0 Å². The van der Waals surface area contributed by atoms with Crippen molar-refractivity contribution in [3.63, 3.8) is 0 Å². The van der Waals surface area contributed by atoms with Gasteiger partial charge in [0.2, 0.25) is 0 Å². The minimum atomic E-state index is -0.562. The zero-order valence-corrected chi connectivity index (χ0v) is 14.6. The highest BCUT2D eigenvalue weighted by Crippen LogP contribution is 2.20. The Labute approximate surface area is 139 Å². The maximum Gasteiger partial charge on any atom is 0.265 e. The molecule has 0 fully saturated rings. The van der Waals surface area contributed by atoms with E-state index in [1.54, 1.807) is 6.92 Å². The lowest BCUT2D eigenvalue weighted by molar-refractivity contribution is -0.122. The van der Waals surface area contributed by atoms with E-state index in [0.717, 1.165) is 10.2 Å². The molecule has 4 heteroatoms. The van der Waals surface area contributed by atoms with Crippen LogP contribution < -0.4 is 10.1 Å². The van der Waals surface area contributed by atoms with Crippen molar-refractivity contribution in [3.05, 3.63) is 58.6 Å². The molecule has 0 saturated heterocycles. The van der Waals surface area contributed by atoms with Crippen LogP contribution in [0.25, 0.3) is 0 Å². The molecule has 2 aromatic carbocycles. The summed E-state index contributed by atoms with van der Waals surface area (Å²) in [6, 6.07) is 15.3. The first kappa shape index (κ1) is 16.6. The van der Waals surface area contributed by atoms with Crippen LogP contribution in [0.4, 0.5) is 5.69 Å². The van der Waals surface area contributed by atoms with Gasteiger partial charge in [-0.25, -0.2) is 0 Å². The maximum absolute atomic E-state index is 12.1. The van der Waals surface area contributed by atoms with Crippen LogP contribution in [0.5, 0.6) is 5.75 Å². The lowest BCUT2D eigenvalue weighted by atomic mass is 10.0. The summed E-state index contributed by atoms with van der Waals surface area (Å²) in [6.45, 7) is 6.03. The highest BCUT2D eigenvalue weighted by atomic mass is 79.9. The van der Waals surface area contributed by atoms with E-state index in [0.29, 0.717) is 11.7 Å². The fraction of sp³-hybridized carbons (Fsp3) is 0.278. The van der Waals surface area contributed by atoms with Crippen LogP contribution >= 0.6 is 15.9 Å². The second-order valence-corrected chi connectivity index (χ2v) is 6.40. The van der Waals surface area contributed by atoms with E-state index < -0.39 is 6.10 Å². The second kappa shape index (κ2) is 7.45. The van der Waals surface area contributed by atoms with Crippen LogP contribution in [0.1, 0.15) is 32.3 Å². The number of amides is 1. The Morgan fingerprint density at radius 3 is 2.14 bits per heavy atom. The summed E-state index contributed by atoms with van der Waals surface area (Å²) in [6.07, 6.45) is -0.562. The molecular weight excluding hydrogens is 342 g/mol. The number of benzene rings is 2. The smallest absolute Gasteiger partial charge is 0.265 e. The number of ether oxygens (including phenoxy) is 1. The zero-order valence-electron chi connectivity index (χ0n) is 13.0. The lowest BCUT2D eigenvalue weighted by Gasteiger charge is -2.15. The molecule has 1 amide bonds. The fourth-order valence-corrected chi connectivity index (χ4v) is 2.23. The molecule has 0 aliphatic heterocycles. The number of carbonyl (C=O) groups excluding carboxylic acids is 1. The summed E-state index contributed by atoms with van der Waals surface area (Å²) in [5, 5.41) is 2.83. The summed E-state index contributed by atoms with van der Waals surface area (Å²) in [4.78, 5) is 12.1. The number of hydrogen-bond donors (Lipinski definition) is 1. The Bertz CT molecular complexity index is 621. The van der Waals surface area contributed by atoms with Gasteiger partial charge in [0, 0.05) is 10.2 Å². The first-order valence-corrected chi connectivity index (χ1v) is 8.08. The molecule has 0 aliphatic rings. The molecular formula is C18H20BrNO2. The van der Waals surface area contributed by atoms with E-state index in [2.05, 4.69) is 35.1 Å². The van der Waals surface area contributed by atoms with Gasteiger partial charge in [0.25, 0.3) is 5.91 Å².